The van der Waals surface area contributed by atoms with Crippen LogP contribution in [-0.2, 0) is 16.6 Å². The van der Waals surface area contributed by atoms with E-state index in [1.807, 2.05) is 30.3 Å². The molecule has 1 fully saturated rings. The molecule has 4 rings (SSSR count). The first-order valence-corrected chi connectivity index (χ1v) is 11.5. The second-order valence-corrected chi connectivity index (χ2v) is 9.18. The standard InChI is InChI=1S/C23H23N3O4S/c27-23(25-19-9-6-12-24-16-19)21-15-20(31(28,29)26-13-4-5-14-26)10-11-22(21)30-17-18-7-2-1-3-8-18/h1-3,6-12,15-16H,4-5,13-14,17H2,(H,25,27). The number of hydrogen-bond acceptors (Lipinski definition) is 5. The first-order chi connectivity index (χ1) is 15.0. The number of hydrogen-bond donors (Lipinski definition) is 1. The predicted molar refractivity (Wildman–Crippen MR) is 117 cm³/mol. The predicted octanol–water partition coefficient (Wildman–Crippen LogP) is 3.70. The molecule has 31 heavy (non-hydrogen) atoms. The van der Waals surface area contributed by atoms with E-state index in [4.69, 9.17) is 4.74 Å². The molecule has 160 valence electrons. The number of nitrogens with one attached hydrogen (secondary N) is 1. The molecule has 1 aromatic heterocycles. The summed E-state index contributed by atoms with van der Waals surface area (Å²) in [6, 6.07) is 17.4. The van der Waals surface area contributed by atoms with Crippen LogP contribution in [0.2, 0.25) is 0 Å². The molecule has 1 aliphatic heterocycles. The van der Waals surface area contributed by atoms with E-state index in [1.54, 1.807) is 24.4 Å². The van der Waals surface area contributed by atoms with Crippen molar-refractivity contribution in [1.29, 1.82) is 0 Å². The smallest absolute Gasteiger partial charge is 0.259 e. The molecule has 0 radical (unpaired) electrons. The van der Waals surface area contributed by atoms with Crippen LogP contribution in [0.1, 0.15) is 28.8 Å². The number of sulfonamides is 1. The van der Waals surface area contributed by atoms with Gasteiger partial charge in [-0.2, -0.15) is 4.31 Å². The summed E-state index contributed by atoms with van der Waals surface area (Å²) < 4.78 is 33.3. The molecule has 0 bridgehead atoms. The second-order valence-electron chi connectivity index (χ2n) is 7.24. The third-order valence-electron chi connectivity index (χ3n) is 5.06. The van der Waals surface area contributed by atoms with Gasteiger partial charge in [0.05, 0.1) is 22.3 Å². The topological polar surface area (TPSA) is 88.6 Å². The number of benzene rings is 2. The van der Waals surface area contributed by atoms with E-state index >= 15 is 0 Å². The van der Waals surface area contributed by atoms with Crippen molar-refractivity contribution in [3.05, 3.63) is 84.2 Å². The van der Waals surface area contributed by atoms with Crippen molar-refractivity contribution in [2.45, 2.75) is 24.3 Å². The van der Waals surface area contributed by atoms with E-state index < -0.39 is 15.9 Å². The van der Waals surface area contributed by atoms with Gasteiger partial charge in [-0.1, -0.05) is 30.3 Å². The zero-order valence-corrected chi connectivity index (χ0v) is 17.7. The molecule has 1 amide bonds. The Labute approximate surface area is 181 Å². The number of pyridine rings is 1. The van der Waals surface area contributed by atoms with Crippen LogP contribution in [0.5, 0.6) is 5.75 Å². The van der Waals surface area contributed by atoms with Crippen LogP contribution >= 0.6 is 0 Å². The van der Waals surface area contributed by atoms with Gasteiger partial charge in [0.1, 0.15) is 12.4 Å². The maximum Gasteiger partial charge on any atom is 0.259 e. The lowest BCUT2D eigenvalue weighted by Crippen LogP contribution is -2.28. The monoisotopic (exact) mass is 437 g/mol. The Hall–Kier alpha value is -3.23. The Morgan fingerprint density at radius 2 is 1.81 bits per heavy atom. The quantitative estimate of drug-likeness (QED) is 0.609. The van der Waals surface area contributed by atoms with E-state index in [9.17, 15) is 13.2 Å². The Bertz CT molecular complexity index is 1150. The van der Waals surface area contributed by atoms with Crippen LogP contribution in [0.25, 0.3) is 0 Å². The van der Waals surface area contributed by atoms with Gasteiger partial charge in [-0.15, -0.1) is 0 Å². The average Bonchev–Trinajstić information content (AvgIpc) is 3.35. The van der Waals surface area contributed by atoms with Gasteiger partial charge in [0.2, 0.25) is 10.0 Å². The number of carbonyl (C=O) groups excluding carboxylic acids is 1. The van der Waals surface area contributed by atoms with Gasteiger partial charge in [-0.05, 0) is 48.7 Å². The third kappa shape index (κ3) is 4.92. The maximum atomic E-state index is 13.0. The van der Waals surface area contributed by atoms with Crippen molar-refractivity contribution in [2.75, 3.05) is 18.4 Å². The van der Waals surface area contributed by atoms with Gasteiger partial charge in [0, 0.05) is 19.3 Å². The Balaban J connectivity index is 1.65. The SMILES string of the molecule is O=C(Nc1cccnc1)c1cc(S(=O)(=O)N2CCCC2)ccc1OCc1ccccc1. The van der Waals surface area contributed by atoms with Gasteiger partial charge >= 0.3 is 0 Å². The molecule has 1 N–H and O–H groups in total. The highest BCUT2D eigenvalue weighted by atomic mass is 32.2. The normalized spacial score (nSPS) is 14.3. The molecule has 0 atom stereocenters. The van der Waals surface area contributed by atoms with Crippen molar-refractivity contribution in [3.63, 3.8) is 0 Å². The van der Waals surface area contributed by atoms with E-state index in [1.165, 1.54) is 22.6 Å². The van der Waals surface area contributed by atoms with Gasteiger partial charge < -0.3 is 10.1 Å². The number of nitrogens with zero attached hydrogens (tertiary/aromatic N) is 2. The number of anilines is 1. The van der Waals surface area contributed by atoms with Crippen molar-refractivity contribution in [1.82, 2.24) is 9.29 Å². The number of carbonyl (C=O) groups is 1. The molecule has 7 nitrogen and oxygen atoms in total. The molecule has 0 saturated carbocycles. The molecule has 0 unspecified atom stereocenters. The minimum Gasteiger partial charge on any atom is -0.488 e. The summed E-state index contributed by atoms with van der Waals surface area (Å²) >= 11 is 0. The largest absolute Gasteiger partial charge is 0.488 e. The summed E-state index contributed by atoms with van der Waals surface area (Å²) in [5, 5.41) is 2.76. The van der Waals surface area contributed by atoms with Crippen LogP contribution in [0.3, 0.4) is 0 Å². The first-order valence-electron chi connectivity index (χ1n) is 10.1. The third-order valence-corrected chi connectivity index (χ3v) is 6.95. The van der Waals surface area contributed by atoms with Crippen LogP contribution in [-0.4, -0.2) is 36.7 Å². The van der Waals surface area contributed by atoms with Crippen LogP contribution in [0.4, 0.5) is 5.69 Å². The summed E-state index contributed by atoms with van der Waals surface area (Å²) in [5.41, 5.74) is 1.60. The Morgan fingerprint density at radius 1 is 1.03 bits per heavy atom. The Morgan fingerprint density at radius 3 is 2.52 bits per heavy atom. The number of amides is 1. The van der Waals surface area contributed by atoms with Gasteiger partial charge in [-0.25, -0.2) is 8.42 Å². The molecule has 8 heteroatoms. The van der Waals surface area contributed by atoms with E-state index in [0.717, 1.165) is 18.4 Å². The highest BCUT2D eigenvalue weighted by molar-refractivity contribution is 7.89. The molecule has 1 aliphatic rings. The summed E-state index contributed by atoms with van der Waals surface area (Å²) in [6.45, 7) is 1.24. The van der Waals surface area contributed by atoms with Gasteiger partial charge in [0.25, 0.3) is 5.91 Å². The number of aromatic nitrogens is 1. The average molecular weight is 438 g/mol. The van der Waals surface area contributed by atoms with E-state index in [0.29, 0.717) is 24.5 Å². The van der Waals surface area contributed by atoms with Gasteiger partial charge in [0.15, 0.2) is 0 Å². The minimum absolute atomic E-state index is 0.0813. The van der Waals surface area contributed by atoms with Crippen LogP contribution in [0, 0.1) is 0 Å². The molecule has 3 aromatic rings. The number of rotatable bonds is 7. The zero-order valence-electron chi connectivity index (χ0n) is 16.9. The fourth-order valence-electron chi connectivity index (χ4n) is 3.42. The highest BCUT2D eigenvalue weighted by Gasteiger charge is 2.28. The molecule has 0 spiro atoms. The van der Waals surface area contributed by atoms with Gasteiger partial charge in [-0.3, -0.25) is 9.78 Å². The van der Waals surface area contributed by atoms with E-state index in [-0.39, 0.29) is 17.1 Å². The summed E-state index contributed by atoms with van der Waals surface area (Å²) in [6.07, 6.45) is 4.80. The molecule has 0 aliphatic carbocycles. The van der Waals surface area contributed by atoms with Crippen LogP contribution in [0.15, 0.2) is 78.0 Å². The van der Waals surface area contributed by atoms with E-state index in [2.05, 4.69) is 10.3 Å². The lowest BCUT2D eigenvalue weighted by Gasteiger charge is -2.18. The fraction of sp³-hybridized carbons (Fsp3) is 0.217. The molecule has 2 aromatic carbocycles. The minimum atomic E-state index is -3.67. The Kier molecular flexibility index (Phi) is 6.29. The molecular weight excluding hydrogens is 414 g/mol. The summed E-state index contributed by atoms with van der Waals surface area (Å²) in [4.78, 5) is 17.1. The first kappa shape index (κ1) is 21.0. The second kappa shape index (κ2) is 9.28. The van der Waals surface area contributed by atoms with Crippen molar-refractivity contribution < 1.29 is 17.9 Å². The fourth-order valence-corrected chi connectivity index (χ4v) is 4.96. The molecule has 1 saturated heterocycles. The molecular formula is C23H23N3O4S. The summed E-state index contributed by atoms with van der Waals surface area (Å²) in [7, 11) is -3.67. The highest BCUT2D eigenvalue weighted by Crippen LogP contribution is 2.28. The van der Waals surface area contributed by atoms with Crippen molar-refractivity contribution in [3.8, 4) is 5.75 Å². The lowest BCUT2D eigenvalue weighted by atomic mass is 10.1. The number of ether oxygens (including phenoxy) is 1. The maximum absolute atomic E-state index is 13.0. The molecule has 2 heterocycles. The van der Waals surface area contributed by atoms with Crippen molar-refractivity contribution in [2.24, 2.45) is 0 Å². The zero-order chi connectivity index (χ0) is 21.7. The lowest BCUT2D eigenvalue weighted by molar-refractivity contribution is 0.102. The summed E-state index contributed by atoms with van der Waals surface area (Å²) in [5.74, 6) is -0.153. The van der Waals surface area contributed by atoms with Crippen molar-refractivity contribution >= 4 is 21.6 Å². The van der Waals surface area contributed by atoms with Crippen LogP contribution < -0.4 is 10.1 Å².